The summed E-state index contributed by atoms with van der Waals surface area (Å²) in [6.45, 7) is 14.0. The molecule has 0 aliphatic rings. The van der Waals surface area contributed by atoms with Crippen LogP contribution in [-0.2, 0) is 9.47 Å². The van der Waals surface area contributed by atoms with E-state index in [1.165, 1.54) is 0 Å². The zero-order chi connectivity index (χ0) is 12.6. The molecule has 0 radical (unpaired) electrons. The Kier molecular flexibility index (Phi) is 7.15. The Morgan fingerprint density at radius 1 is 1.31 bits per heavy atom. The first kappa shape index (κ1) is 15.2. The van der Waals surface area contributed by atoms with E-state index in [0.29, 0.717) is 13.2 Å². The highest BCUT2D eigenvalue weighted by molar-refractivity contribution is 5.23. The van der Waals surface area contributed by atoms with E-state index < -0.39 is 0 Å². The smallest absolute Gasteiger partial charge is 0.117 e. The third-order valence-corrected chi connectivity index (χ3v) is 2.80. The standard InChI is InChI=1S/C14H26O2/c1-7-13(16-10-9-15-6)12(3)11-14(4,5)8-2/h7H,3,8-11H2,1-2,4-6H3/b13-7+. The van der Waals surface area contributed by atoms with Gasteiger partial charge >= 0.3 is 0 Å². The molecular formula is C14H26O2. The fraction of sp³-hybridized carbons (Fsp3) is 0.714. The molecule has 2 nitrogen and oxygen atoms in total. The van der Waals surface area contributed by atoms with Crippen molar-refractivity contribution in [3.8, 4) is 0 Å². The predicted octanol–water partition coefficient (Wildman–Crippen LogP) is 3.94. The molecule has 0 aromatic carbocycles. The van der Waals surface area contributed by atoms with E-state index in [0.717, 1.165) is 24.2 Å². The molecule has 0 aliphatic heterocycles. The van der Waals surface area contributed by atoms with E-state index in [2.05, 4.69) is 27.4 Å². The third-order valence-electron chi connectivity index (χ3n) is 2.80. The van der Waals surface area contributed by atoms with Gasteiger partial charge in [-0.15, -0.1) is 0 Å². The Morgan fingerprint density at radius 3 is 2.38 bits per heavy atom. The average Bonchev–Trinajstić information content (AvgIpc) is 2.23. The zero-order valence-electron chi connectivity index (χ0n) is 11.4. The molecule has 16 heavy (non-hydrogen) atoms. The van der Waals surface area contributed by atoms with E-state index in [1.54, 1.807) is 7.11 Å². The molecule has 0 saturated heterocycles. The Morgan fingerprint density at radius 2 is 1.94 bits per heavy atom. The number of methoxy groups -OCH3 is 1. The van der Waals surface area contributed by atoms with Crippen LogP contribution in [-0.4, -0.2) is 20.3 Å². The van der Waals surface area contributed by atoms with E-state index in [-0.39, 0.29) is 5.41 Å². The molecule has 2 heteroatoms. The lowest BCUT2D eigenvalue weighted by molar-refractivity contribution is 0.111. The van der Waals surface area contributed by atoms with Gasteiger partial charge in [0.15, 0.2) is 0 Å². The normalized spacial score (nSPS) is 12.7. The van der Waals surface area contributed by atoms with E-state index in [4.69, 9.17) is 9.47 Å². The minimum atomic E-state index is 0.288. The van der Waals surface area contributed by atoms with Crippen LogP contribution in [0.2, 0.25) is 0 Å². The first-order valence-electron chi connectivity index (χ1n) is 5.93. The Bertz CT molecular complexity index is 239. The second-order valence-electron chi connectivity index (χ2n) is 4.79. The molecule has 0 atom stereocenters. The van der Waals surface area contributed by atoms with E-state index in [9.17, 15) is 0 Å². The maximum absolute atomic E-state index is 5.62. The van der Waals surface area contributed by atoms with Gasteiger partial charge in [0.2, 0.25) is 0 Å². The first-order chi connectivity index (χ1) is 7.46. The highest BCUT2D eigenvalue weighted by Crippen LogP contribution is 2.31. The van der Waals surface area contributed by atoms with Crippen LogP contribution in [0.15, 0.2) is 24.0 Å². The highest BCUT2D eigenvalue weighted by atomic mass is 16.5. The van der Waals surface area contributed by atoms with Crippen LogP contribution < -0.4 is 0 Å². The minimum absolute atomic E-state index is 0.288. The molecule has 0 aromatic rings. The Labute approximate surface area is 100 Å². The van der Waals surface area contributed by atoms with Gasteiger partial charge in [-0.25, -0.2) is 0 Å². The van der Waals surface area contributed by atoms with Crippen molar-refractivity contribution in [2.24, 2.45) is 5.41 Å². The van der Waals surface area contributed by atoms with Gasteiger partial charge in [0.05, 0.1) is 6.61 Å². The van der Waals surface area contributed by atoms with Crippen LogP contribution in [0.3, 0.4) is 0 Å². The van der Waals surface area contributed by atoms with Crippen molar-refractivity contribution in [3.05, 3.63) is 24.0 Å². The lowest BCUT2D eigenvalue weighted by Gasteiger charge is -2.24. The van der Waals surface area contributed by atoms with Gasteiger partial charge in [-0.2, -0.15) is 0 Å². The third kappa shape index (κ3) is 5.96. The number of allylic oxidation sites excluding steroid dienone is 2. The van der Waals surface area contributed by atoms with Crippen LogP contribution in [0.1, 0.15) is 40.5 Å². The largest absolute Gasteiger partial charge is 0.491 e. The Hall–Kier alpha value is -0.760. The summed E-state index contributed by atoms with van der Waals surface area (Å²) in [5, 5.41) is 0. The van der Waals surface area contributed by atoms with Gasteiger partial charge in [-0.05, 0) is 30.4 Å². The fourth-order valence-corrected chi connectivity index (χ4v) is 1.41. The van der Waals surface area contributed by atoms with Crippen molar-refractivity contribution in [3.63, 3.8) is 0 Å². The summed E-state index contributed by atoms with van der Waals surface area (Å²) in [5.74, 6) is 0.901. The molecule has 0 aromatic heterocycles. The summed E-state index contributed by atoms with van der Waals surface area (Å²) < 4.78 is 10.6. The number of ether oxygens (including phenoxy) is 2. The quantitative estimate of drug-likeness (QED) is 0.354. The molecule has 0 amide bonds. The van der Waals surface area contributed by atoms with Crippen LogP contribution in [0, 0.1) is 5.41 Å². The summed E-state index contributed by atoms with van der Waals surface area (Å²) in [7, 11) is 1.67. The fourth-order valence-electron chi connectivity index (χ4n) is 1.41. The number of rotatable bonds is 8. The van der Waals surface area contributed by atoms with Crippen molar-refractivity contribution in [2.45, 2.75) is 40.5 Å². The molecule has 0 unspecified atom stereocenters. The SMILES string of the molecule is C=C(CC(C)(C)CC)/C(=C\C)OCCOC. The van der Waals surface area contributed by atoms with Crippen molar-refractivity contribution < 1.29 is 9.47 Å². The second-order valence-corrected chi connectivity index (χ2v) is 4.79. The first-order valence-corrected chi connectivity index (χ1v) is 5.93. The second kappa shape index (κ2) is 7.50. The van der Waals surface area contributed by atoms with E-state index in [1.807, 2.05) is 13.0 Å². The molecule has 0 aliphatic carbocycles. The van der Waals surface area contributed by atoms with Crippen molar-refractivity contribution in [1.29, 1.82) is 0 Å². The molecule has 0 fully saturated rings. The summed E-state index contributed by atoms with van der Waals surface area (Å²) in [5.41, 5.74) is 1.36. The molecule has 0 rings (SSSR count). The van der Waals surface area contributed by atoms with Crippen LogP contribution >= 0.6 is 0 Å². The molecule has 0 bridgehead atoms. The molecule has 94 valence electrons. The Balaban J connectivity index is 4.23. The van der Waals surface area contributed by atoms with Gasteiger partial charge in [0, 0.05) is 7.11 Å². The molecular weight excluding hydrogens is 200 g/mol. The average molecular weight is 226 g/mol. The molecule has 0 saturated carbocycles. The summed E-state index contributed by atoms with van der Waals surface area (Å²) in [6.07, 6.45) is 4.08. The number of hydrogen-bond donors (Lipinski definition) is 0. The topological polar surface area (TPSA) is 18.5 Å². The highest BCUT2D eigenvalue weighted by Gasteiger charge is 2.18. The van der Waals surface area contributed by atoms with Gasteiger partial charge in [0.25, 0.3) is 0 Å². The molecule has 0 spiro atoms. The number of hydrogen-bond acceptors (Lipinski definition) is 2. The summed E-state index contributed by atoms with van der Waals surface area (Å²) in [6, 6.07) is 0. The van der Waals surface area contributed by atoms with Gasteiger partial charge < -0.3 is 9.47 Å². The van der Waals surface area contributed by atoms with Crippen LogP contribution in [0.25, 0.3) is 0 Å². The minimum Gasteiger partial charge on any atom is -0.491 e. The van der Waals surface area contributed by atoms with Gasteiger partial charge in [-0.1, -0.05) is 33.8 Å². The van der Waals surface area contributed by atoms with Crippen LogP contribution in [0.4, 0.5) is 0 Å². The van der Waals surface area contributed by atoms with Crippen molar-refractivity contribution >= 4 is 0 Å². The molecule has 0 heterocycles. The predicted molar refractivity (Wildman–Crippen MR) is 69.4 cm³/mol. The monoisotopic (exact) mass is 226 g/mol. The van der Waals surface area contributed by atoms with Crippen LogP contribution in [0.5, 0.6) is 0 Å². The maximum Gasteiger partial charge on any atom is 0.117 e. The lowest BCUT2D eigenvalue weighted by Crippen LogP contribution is -2.12. The molecule has 0 N–H and O–H groups in total. The van der Waals surface area contributed by atoms with E-state index >= 15 is 0 Å². The van der Waals surface area contributed by atoms with Crippen molar-refractivity contribution in [1.82, 2.24) is 0 Å². The lowest BCUT2D eigenvalue weighted by atomic mass is 9.83. The van der Waals surface area contributed by atoms with Gasteiger partial charge in [-0.3, -0.25) is 0 Å². The van der Waals surface area contributed by atoms with Crippen molar-refractivity contribution in [2.75, 3.05) is 20.3 Å². The maximum atomic E-state index is 5.62. The summed E-state index contributed by atoms with van der Waals surface area (Å²) in [4.78, 5) is 0. The van der Waals surface area contributed by atoms with Gasteiger partial charge in [0.1, 0.15) is 12.4 Å². The summed E-state index contributed by atoms with van der Waals surface area (Å²) >= 11 is 0. The zero-order valence-corrected chi connectivity index (χ0v) is 11.4.